The molecule has 0 saturated heterocycles. The minimum Gasteiger partial charge on any atom is -0.339 e. The van der Waals surface area contributed by atoms with Gasteiger partial charge in [-0.2, -0.15) is 0 Å². The van der Waals surface area contributed by atoms with Gasteiger partial charge in [0.25, 0.3) is 0 Å². The smallest absolute Gasteiger partial charge is 0.229 e. The van der Waals surface area contributed by atoms with E-state index in [-0.39, 0.29) is 18.1 Å². The van der Waals surface area contributed by atoms with Crippen molar-refractivity contribution in [3.8, 4) is 22.5 Å². The lowest BCUT2D eigenvalue weighted by Gasteiger charge is -2.13. The molecule has 0 radical (unpaired) electrons. The van der Waals surface area contributed by atoms with E-state index in [1.54, 1.807) is 24.5 Å². The van der Waals surface area contributed by atoms with Gasteiger partial charge in [-0.05, 0) is 66.9 Å². The molecule has 1 amide bonds. The Hall–Kier alpha value is -4.39. The molecule has 4 aromatic heterocycles. The minimum absolute atomic E-state index is 0.129. The van der Waals surface area contributed by atoms with Crippen LogP contribution in [0, 0.1) is 5.82 Å². The molecule has 4 heterocycles. The molecule has 5 aromatic rings. The van der Waals surface area contributed by atoms with Crippen molar-refractivity contribution in [3.05, 3.63) is 96.2 Å². The number of hydrogen-bond donors (Lipinski definition) is 1. The number of amides is 1. The standard InChI is InChI=1S/C29H26FN5O/c1-3-20-12-16-33-27-26(23-7-5-6-14-31-23)28(35(4-2)29(20)27)21-13-15-32-24(18-21)34-25(36)17-19-8-10-22(30)11-9-19/h5-16,18H,3-4,17H2,1-2H3,(H,32,34,36). The Bertz CT molecular complexity index is 1530. The van der Waals surface area contributed by atoms with Gasteiger partial charge in [0.05, 0.1) is 34.4 Å². The topological polar surface area (TPSA) is 72.7 Å². The highest BCUT2D eigenvalue weighted by Gasteiger charge is 2.23. The summed E-state index contributed by atoms with van der Waals surface area (Å²) >= 11 is 0. The summed E-state index contributed by atoms with van der Waals surface area (Å²) in [5, 5.41) is 2.88. The average Bonchev–Trinajstić information content (AvgIpc) is 3.25. The highest BCUT2D eigenvalue weighted by atomic mass is 19.1. The largest absolute Gasteiger partial charge is 0.339 e. The van der Waals surface area contributed by atoms with Crippen LogP contribution in [0.5, 0.6) is 0 Å². The fraction of sp³-hybridized carbons (Fsp3) is 0.172. The lowest BCUT2D eigenvalue weighted by atomic mass is 10.0. The molecular formula is C29H26FN5O. The van der Waals surface area contributed by atoms with Crippen molar-refractivity contribution >= 4 is 22.8 Å². The molecule has 5 rings (SSSR count). The van der Waals surface area contributed by atoms with Gasteiger partial charge in [0.1, 0.15) is 11.6 Å². The first-order valence-electron chi connectivity index (χ1n) is 12.0. The fourth-order valence-electron chi connectivity index (χ4n) is 4.61. The lowest BCUT2D eigenvalue weighted by Crippen LogP contribution is -2.15. The Balaban J connectivity index is 1.59. The Kier molecular flexibility index (Phi) is 6.54. The van der Waals surface area contributed by atoms with Gasteiger partial charge in [-0.25, -0.2) is 9.37 Å². The Labute approximate surface area is 208 Å². The van der Waals surface area contributed by atoms with Crippen molar-refractivity contribution in [2.24, 2.45) is 0 Å². The van der Waals surface area contributed by atoms with Crippen molar-refractivity contribution in [2.45, 2.75) is 33.2 Å². The number of aryl methyl sites for hydroxylation is 2. The van der Waals surface area contributed by atoms with Crippen molar-refractivity contribution in [2.75, 3.05) is 5.32 Å². The second-order valence-electron chi connectivity index (χ2n) is 8.48. The van der Waals surface area contributed by atoms with Crippen LogP contribution in [-0.2, 0) is 24.2 Å². The number of nitrogens with one attached hydrogen (secondary N) is 1. The second kappa shape index (κ2) is 10.1. The summed E-state index contributed by atoms with van der Waals surface area (Å²) in [6.07, 6.45) is 6.34. The van der Waals surface area contributed by atoms with Crippen molar-refractivity contribution < 1.29 is 9.18 Å². The maximum atomic E-state index is 13.2. The van der Waals surface area contributed by atoms with E-state index in [1.807, 2.05) is 36.5 Å². The van der Waals surface area contributed by atoms with Crippen LogP contribution in [0.4, 0.5) is 10.2 Å². The molecule has 36 heavy (non-hydrogen) atoms. The maximum absolute atomic E-state index is 13.2. The SMILES string of the molecule is CCc1ccnc2c(-c3ccccn3)c(-c3ccnc(NC(=O)Cc4ccc(F)cc4)c3)n(CC)c12. The lowest BCUT2D eigenvalue weighted by molar-refractivity contribution is -0.115. The predicted octanol–water partition coefficient (Wildman–Crippen LogP) is 6.06. The molecule has 6 nitrogen and oxygen atoms in total. The summed E-state index contributed by atoms with van der Waals surface area (Å²) in [5.74, 6) is -0.102. The molecule has 180 valence electrons. The number of hydrogen-bond acceptors (Lipinski definition) is 4. The Morgan fingerprint density at radius 2 is 1.75 bits per heavy atom. The fourth-order valence-corrected chi connectivity index (χ4v) is 4.61. The van der Waals surface area contributed by atoms with Gasteiger partial charge in [0, 0.05) is 30.7 Å². The molecule has 0 aliphatic heterocycles. The van der Waals surface area contributed by atoms with Gasteiger partial charge in [0.2, 0.25) is 5.91 Å². The number of anilines is 1. The van der Waals surface area contributed by atoms with E-state index in [1.165, 1.54) is 17.7 Å². The van der Waals surface area contributed by atoms with Crippen molar-refractivity contribution in [1.82, 2.24) is 19.5 Å². The summed E-state index contributed by atoms with van der Waals surface area (Å²) < 4.78 is 15.5. The third-order valence-corrected chi connectivity index (χ3v) is 6.22. The molecule has 0 atom stereocenters. The molecule has 1 N–H and O–H groups in total. The van der Waals surface area contributed by atoms with Crippen molar-refractivity contribution in [1.29, 1.82) is 0 Å². The molecule has 0 spiro atoms. The molecule has 0 aliphatic carbocycles. The van der Waals surface area contributed by atoms with Crippen LogP contribution >= 0.6 is 0 Å². The van der Waals surface area contributed by atoms with Crippen LogP contribution in [0.25, 0.3) is 33.5 Å². The first-order chi connectivity index (χ1) is 17.6. The average molecular weight is 480 g/mol. The summed E-state index contributed by atoms with van der Waals surface area (Å²) in [7, 11) is 0. The second-order valence-corrected chi connectivity index (χ2v) is 8.48. The zero-order valence-electron chi connectivity index (χ0n) is 20.2. The number of carbonyl (C=O) groups is 1. The molecule has 0 unspecified atom stereocenters. The highest BCUT2D eigenvalue weighted by Crippen LogP contribution is 2.40. The van der Waals surface area contributed by atoms with E-state index >= 15 is 0 Å². The van der Waals surface area contributed by atoms with Gasteiger partial charge in [-0.15, -0.1) is 0 Å². The molecular weight excluding hydrogens is 453 g/mol. The van der Waals surface area contributed by atoms with E-state index in [9.17, 15) is 9.18 Å². The molecule has 0 aliphatic rings. The van der Waals surface area contributed by atoms with Crippen LogP contribution in [0.1, 0.15) is 25.0 Å². The highest BCUT2D eigenvalue weighted by molar-refractivity contribution is 6.03. The van der Waals surface area contributed by atoms with Gasteiger partial charge < -0.3 is 9.88 Å². The summed E-state index contributed by atoms with van der Waals surface area (Å²) in [6.45, 7) is 5.00. The van der Waals surface area contributed by atoms with Gasteiger partial charge in [0.15, 0.2) is 0 Å². The summed E-state index contributed by atoms with van der Waals surface area (Å²) in [5.41, 5.74) is 7.63. The van der Waals surface area contributed by atoms with Crippen LogP contribution in [0.3, 0.4) is 0 Å². The van der Waals surface area contributed by atoms with Gasteiger partial charge in [-0.3, -0.25) is 14.8 Å². The van der Waals surface area contributed by atoms with Crippen LogP contribution < -0.4 is 5.32 Å². The normalized spacial score (nSPS) is 11.1. The number of pyridine rings is 3. The molecule has 0 fully saturated rings. The van der Waals surface area contributed by atoms with Crippen LogP contribution in [-0.4, -0.2) is 25.4 Å². The maximum Gasteiger partial charge on any atom is 0.229 e. The molecule has 1 aromatic carbocycles. The third kappa shape index (κ3) is 4.47. The molecule has 0 bridgehead atoms. The van der Waals surface area contributed by atoms with Crippen LogP contribution in [0.2, 0.25) is 0 Å². The first kappa shape index (κ1) is 23.4. The Morgan fingerprint density at radius 3 is 2.47 bits per heavy atom. The summed E-state index contributed by atoms with van der Waals surface area (Å²) in [6, 6.07) is 17.7. The third-order valence-electron chi connectivity index (χ3n) is 6.22. The van der Waals surface area contributed by atoms with E-state index in [0.29, 0.717) is 5.82 Å². The van der Waals surface area contributed by atoms with E-state index in [2.05, 4.69) is 39.8 Å². The van der Waals surface area contributed by atoms with E-state index in [0.717, 1.165) is 52.1 Å². The van der Waals surface area contributed by atoms with E-state index in [4.69, 9.17) is 4.98 Å². The van der Waals surface area contributed by atoms with Crippen LogP contribution in [0.15, 0.2) is 79.3 Å². The first-order valence-corrected chi connectivity index (χ1v) is 12.0. The Morgan fingerprint density at radius 1 is 0.944 bits per heavy atom. The number of rotatable bonds is 7. The van der Waals surface area contributed by atoms with Crippen molar-refractivity contribution in [3.63, 3.8) is 0 Å². The molecule has 7 heteroatoms. The zero-order valence-corrected chi connectivity index (χ0v) is 20.2. The summed E-state index contributed by atoms with van der Waals surface area (Å²) in [4.78, 5) is 26.5. The number of nitrogens with zero attached hydrogens (tertiary/aromatic N) is 4. The number of benzene rings is 1. The predicted molar refractivity (Wildman–Crippen MR) is 140 cm³/mol. The number of carbonyl (C=O) groups excluding carboxylic acids is 1. The van der Waals surface area contributed by atoms with Gasteiger partial charge >= 0.3 is 0 Å². The monoisotopic (exact) mass is 479 g/mol. The number of fused-ring (bicyclic) bond motifs is 1. The number of aromatic nitrogens is 4. The zero-order chi connectivity index (χ0) is 25.1. The minimum atomic E-state index is -0.329. The van der Waals surface area contributed by atoms with E-state index < -0.39 is 0 Å². The molecule has 0 saturated carbocycles. The quantitative estimate of drug-likeness (QED) is 0.308. The number of halogens is 1. The van der Waals surface area contributed by atoms with Gasteiger partial charge in [-0.1, -0.05) is 25.1 Å².